The van der Waals surface area contributed by atoms with Crippen LogP contribution in [0.5, 0.6) is 0 Å². The second kappa shape index (κ2) is 4.25. The minimum absolute atomic E-state index is 0.0948. The van der Waals surface area contributed by atoms with Crippen molar-refractivity contribution in [2.24, 2.45) is 0 Å². The maximum absolute atomic E-state index is 13.6. The van der Waals surface area contributed by atoms with E-state index in [9.17, 15) is 13.6 Å². The fraction of sp³-hybridized carbons (Fsp3) is 0.0909. The van der Waals surface area contributed by atoms with E-state index in [1.807, 2.05) is 0 Å². The standard InChI is InChI=1S/C11H7ClF2N2O/c1-6-4-7(13)10(14)8(9(6)12)11(17)16-3-2-15-5-16/h2-5H,1H3. The summed E-state index contributed by atoms with van der Waals surface area (Å²) in [6, 6.07) is 0.947. The van der Waals surface area contributed by atoms with Gasteiger partial charge in [0.15, 0.2) is 11.6 Å². The van der Waals surface area contributed by atoms with Gasteiger partial charge >= 0.3 is 0 Å². The van der Waals surface area contributed by atoms with Crippen LogP contribution in [0.25, 0.3) is 0 Å². The Kier molecular flexibility index (Phi) is 2.93. The molecule has 0 aliphatic rings. The van der Waals surface area contributed by atoms with Crippen LogP contribution in [0.4, 0.5) is 8.78 Å². The van der Waals surface area contributed by atoms with Gasteiger partial charge in [0.05, 0.1) is 10.6 Å². The molecule has 3 nitrogen and oxygen atoms in total. The van der Waals surface area contributed by atoms with Crippen molar-refractivity contribution in [2.75, 3.05) is 0 Å². The van der Waals surface area contributed by atoms with Gasteiger partial charge in [0.2, 0.25) is 0 Å². The largest absolute Gasteiger partial charge is 0.272 e. The predicted molar refractivity (Wildman–Crippen MR) is 58.1 cm³/mol. The molecular formula is C11H7ClF2N2O. The first-order chi connectivity index (χ1) is 8.02. The van der Waals surface area contributed by atoms with Crippen LogP contribution in [0, 0.1) is 18.6 Å². The van der Waals surface area contributed by atoms with Crippen LogP contribution in [0.2, 0.25) is 5.02 Å². The van der Waals surface area contributed by atoms with Gasteiger partial charge in [-0.3, -0.25) is 9.36 Å². The topological polar surface area (TPSA) is 34.9 Å². The van der Waals surface area contributed by atoms with Crippen LogP contribution in [-0.4, -0.2) is 15.5 Å². The third kappa shape index (κ3) is 1.93. The fourth-order valence-electron chi connectivity index (χ4n) is 1.43. The van der Waals surface area contributed by atoms with Crippen LogP contribution in [-0.2, 0) is 0 Å². The lowest BCUT2D eigenvalue weighted by atomic mass is 10.1. The molecule has 17 heavy (non-hydrogen) atoms. The Morgan fingerprint density at radius 3 is 2.76 bits per heavy atom. The van der Waals surface area contributed by atoms with E-state index in [-0.39, 0.29) is 5.02 Å². The molecule has 1 aromatic carbocycles. The molecule has 2 aromatic rings. The molecule has 0 saturated carbocycles. The summed E-state index contributed by atoms with van der Waals surface area (Å²) in [6.45, 7) is 1.50. The number of benzene rings is 1. The monoisotopic (exact) mass is 256 g/mol. The predicted octanol–water partition coefficient (Wildman–Crippen LogP) is 2.81. The first-order valence-electron chi connectivity index (χ1n) is 4.69. The number of hydrogen-bond acceptors (Lipinski definition) is 2. The summed E-state index contributed by atoms with van der Waals surface area (Å²) in [5.74, 6) is -3.11. The SMILES string of the molecule is Cc1cc(F)c(F)c(C(=O)n2ccnc2)c1Cl. The average Bonchev–Trinajstić information content (AvgIpc) is 2.80. The van der Waals surface area contributed by atoms with E-state index in [0.717, 1.165) is 10.6 Å². The van der Waals surface area contributed by atoms with E-state index in [1.165, 1.54) is 25.6 Å². The smallest absolute Gasteiger partial charge is 0.267 e. The molecule has 1 aromatic heterocycles. The van der Waals surface area contributed by atoms with E-state index in [2.05, 4.69) is 4.98 Å². The lowest BCUT2D eigenvalue weighted by Gasteiger charge is -2.08. The summed E-state index contributed by atoms with van der Waals surface area (Å²) in [6.07, 6.45) is 3.88. The molecule has 0 radical (unpaired) electrons. The summed E-state index contributed by atoms with van der Waals surface area (Å²) < 4.78 is 27.8. The Labute approximate surface area is 101 Å². The van der Waals surface area contributed by atoms with Crippen LogP contribution in [0.1, 0.15) is 15.9 Å². The maximum atomic E-state index is 13.6. The lowest BCUT2D eigenvalue weighted by Crippen LogP contribution is -2.14. The number of aryl methyl sites for hydroxylation is 1. The first kappa shape index (κ1) is 11.7. The summed E-state index contributed by atoms with van der Waals surface area (Å²) in [7, 11) is 0. The van der Waals surface area contributed by atoms with E-state index in [4.69, 9.17) is 11.6 Å². The Morgan fingerprint density at radius 2 is 2.18 bits per heavy atom. The fourth-order valence-corrected chi connectivity index (χ4v) is 1.64. The van der Waals surface area contributed by atoms with Gasteiger partial charge in [-0.1, -0.05) is 11.6 Å². The van der Waals surface area contributed by atoms with Gasteiger partial charge in [0.25, 0.3) is 5.91 Å². The molecule has 0 aliphatic heterocycles. The second-order valence-electron chi connectivity index (χ2n) is 3.45. The van der Waals surface area contributed by atoms with Crippen molar-refractivity contribution in [3.05, 3.63) is 52.6 Å². The number of rotatable bonds is 1. The number of carbonyl (C=O) groups is 1. The van der Waals surface area contributed by atoms with Gasteiger partial charge in [-0.05, 0) is 18.6 Å². The van der Waals surface area contributed by atoms with E-state index in [1.54, 1.807) is 0 Å². The molecule has 0 amide bonds. The van der Waals surface area contributed by atoms with Gasteiger partial charge in [-0.15, -0.1) is 0 Å². The Morgan fingerprint density at radius 1 is 1.47 bits per heavy atom. The van der Waals surface area contributed by atoms with Gasteiger partial charge < -0.3 is 0 Å². The van der Waals surface area contributed by atoms with Crippen molar-refractivity contribution in [1.82, 2.24) is 9.55 Å². The van der Waals surface area contributed by atoms with Gasteiger partial charge in [0, 0.05) is 12.4 Å². The molecule has 0 bridgehead atoms. The van der Waals surface area contributed by atoms with E-state index < -0.39 is 23.1 Å². The Hall–Kier alpha value is -1.75. The molecule has 6 heteroatoms. The van der Waals surface area contributed by atoms with Crippen LogP contribution in [0.3, 0.4) is 0 Å². The van der Waals surface area contributed by atoms with E-state index in [0.29, 0.717) is 5.56 Å². The van der Waals surface area contributed by atoms with Crippen LogP contribution in [0.15, 0.2) is 24.8 Å². The number of carbonyl (C=O) groups excluding carboxylic acids is 1. The normalized spacial score (nSPS) is 10.6. The highest BCUT2D eigenvalue weighted by atomic mass is 35.5. The molecule has 0 aliphatic carbocycles. The third-order valence-electron chi connectivity index (χ3n) is 2.29. The number of hydrogen-bond donors (Lipinski definition) is 0. The van der Waals surface area contributed by atoms with Gasteiger partial charge in [-0.2, -0.15) is 0 Å². The van der Waals surface area contributed by atoms with Crippen LogP contribution < -0.4 is 0 Å². The zero-order chi connectivity index (χ0) is 12.6. The average molecular weight is 257 g/mol. The number of aromatic nitrogens is 2. The Balaban J connectivity index is 2.63. The van der Waals surface area contributed by atoms with Crippen molar-refractivity contribution in [3.63, 3.8) is 0 Å². The third-order valence-corrected chi connectivity index (χ3v) is 2.78. The second-order valence-corrected chi connectivity index (χ2v) is 3.83. The Bertz CT molecular complexity index is 555. The molecule has 0 atom stereocenters. The van der Waals surface area contributed by atoms with Crippen molar-refractivity contribution < 1.29 is 13.6 Å². The molecule has 0 unspecified atom stereocenters. The minimum Gasteiger partial charge on any atom is -0.272 e. The molecule has 0 fully saturated rings. The minimum atomic E-state index is -1.25. The number of imidazole rings is 1. The summed E-state index contributed by atoms with van der Waals surface area (Å²) in [5.41, 5.74) is -0.184. The first-order valence-corrected chi connectivity index (χ1v) is 5.07. The maximum Gasteiger partial charge on any atom is 0.267 e. The highest BCUT2D eigenvalue weighted by Crippen LogP contribution is 2.26. The quantitative estimate of drug-likeness (QED) is 0.736. The lowest BCUT2D eigenvalue weighted by molar-refractivity contribution is 0.0955. The number of halogens is 3. The van der Waals surface area contributed by atoms with E-state index >= 15 is 0 Å². The molecular weight excluding hydrogens is 250 g/mol. The molecule has 2 rings (SSSR count). The highest BCUT2D eigenvalue weighted by Gasteiger charge is 2.22. The van der Waals surface area contributed by atoms with Gasteiger partial charge in [0.1, 0.15) is 6.33 Å². The summed E-state index contributed by atoms with van der Waals surface area (Å²) in [5, 5.41) is -0.0948. The summed E-state index contributed by atoms with van der Waals surface area (Å²) >= 11 is 5.82. The van der Waals surface area contributed by atoms with Crippen molar-refractivity contribution in [2.45, 2.75) is 6.92 Å². The molecule has 0 saturated heterocycles. The zero-order valence-corrected chi connectivity index (χ0v) is 9.50. The number of nitrogens with zero attached hydrogens (tertiary/aromatic N) is 2. The highest BCUT2D eigenvalue weighted by molar-refractivity contribution is 6.34. The summed E-state index contributed by atoms with van der Waals surface area (Å²) in [4.78, 5) is 15.5. The van der Waals surface area contributed by atoms with Crippen LogP contribution >= 0.6 is 11.6 Å². The molecule has 1 heterocycles. The molecule has 0 spiro atoms. The van der Waals surface area contributed by atoms with Crippen molar-refractivity contribution in [1.29, 1.82) is 0 Å². The zero-order valence-electron chi connectivity index (χ0n) is 8.75. The van der Waals surface area contributed by atoms with Gasteiger partial charge in [-0.25, -0.2) is 13.8 Å². The molecule has 88 valence electrons. The van der Waals surface area contributed by atoms with Crippen molar-refractivity contribution >= 4 is 17.5 Å². The molecule has 0 N–H and O–H groups in total. The van der Waals surface area contributed by atoms with Crippen molar-refractivity contribution in [3.8, 4) is 0 Å².